The van der Waals surface area contributed by atoms with Gasteiger partial charge in [-0.3, -0.25) is 4.68 Å². The maximum absolute atomic E-state index is 4.59. The molecule has 0 saturated heterocycles. The number of hydrogen-bond acceptors (Lipinski definition) is 2. The zero-order valence-electron chi connectivity index (χ0n) is 11.6. The third kappa shape index (κ3) is 3.08. The van der Waals surface area contributed by atoms with Crippen LogP contribution in [0.25, 0.3) is 0 Å². The lowest BCUT2D eigenvalue weighted by Gasteiger charge is -2.19. The van der Waals surface area contributed by atoms with Gasteiger partial charge in [0.15, 0.2) is 0 Å². The van der Waals surface area contributed by atoms with Crippen LogP contribution in [0.5, 0.6) is 0 Å². The summed E-state index contributed by atoms with van der Waals surface area (Å²) in [5.74, 6) is 0. The molecule has 1 heterocycles. The number of hydrogen-bond donors (Lipinski definition) is 1. The Kier molecular flexibility index (Phi) is 3.79. The Morgan fingerprint density at radius 2 is 1.81 bits per heavy atom. The van der Waals surface area contributed by atoms with Gasteiger partial charge < -0.3 is 5.32 Å². The van der Waals surface area contributed by atoms with Crippen LogP contribution in [0.2, 0.25) is 0 Å². The van der Waals surface area contributed by atoms with E-state index in [1.807, 2.05) is 0 Å². The Balaban J connectivity index is 2.94. The summed E-state index contributed by atoms with van der Waals surface area (Å²) in [6.45, 7) is 15.1. The van der Waals surface area contributed by atoms with E-state index >= 15 is 0 Å². The molecule has 16 heavy (non-hydrogen) atoms. The topological polar surface area (TPSA) is 29.9 Å². The summed E-state index contributed by atoms with van der Waals surface area (Å²) >= 11 is 0. The summed E-state index contributed by atoms with van der Waals surface area (Å²) < 4.78 is 2.05. The molecule has 0 bridgehead atoms. The predicted molar refractivity (Wildman–Crippen MR) is 68.6 cm³/mol. The Morgan fingerprint density at radius 1 is 1.25 bits per heavy atom. The van der Waals surface area contributed by atoms with E-state index in [0.717, 1.165) is 5.69 Å². The van der Waals surface area contributed by atoms with E-state index in [0.29, 0.717) is 12.1 Å². The van der Waals surface area contributed by atoms with Crippen LogP contribution in [0.1, 0.15) is 58.8 Å². The molecule has 1 N–H and O–H groups in total. The molecule has 0 radical (unpaired) electrons. The minimum atomic E-state index is 0.0561. The second kappa shape index (κ2) is 4.58. The van der Waals surface area contributed by atoms with Crippen LogP contribution in [0.15, 0.2) is 6.20 Å². The highest BCUT2D eigenvalue weighted by Gasteiger charge is 2.19. The fourth-order valence-electron chi connectivity index (χ4n) is 1.83. The highest BCUT2D eigenvalue weighted by molar-refractivity contribution is 5.20. The van der Waals surface area contributed by atoms with Crippen molar-refractivity contribution in [3.8, 4) is 0 Å². The fraction of sp³-hybridized carbons (Fsp3) is 0.769. The van der Waals surface area contributed by atoms with Crippen molar-refractivity contribution in [1.29, 1.82) is 0 Å². The standard InChI is InChI=1S/C13H25N3/c1-9(2)14-10(3)12-8-16(13(5,6)7)15-11(12)4/h8-10,14H,1-7H3. The summed E-state index contributed by atoms with van der Waals surface area (Å²) in [5.41, 5.74) is 2.47. The first kappa shape index (κ1) is 13.2. The molecule has 1 rings (SSSR count). The number of nitrogens with one attached hydrogen (secondary N) is 1. The smallest absolute Gasteiger partial charge is 0.0641 e. The van der Waals surface area contributed by atoms with E-state index in [9.17, 15) is 0 Å². The second-order valence-corrected chi connectivity index (χ2v) is 5.83. The van der Waals surface area contributed by atoms with E-state index < -0.39 is 0 Å². The molecule has 0 aliphatic carbocycles. The Labute approximate surface area is 99.2 Å². The van der Waals surface area contributed by atoms with Crippen molar-refractivity contribution in [2.75, 3.05) is 0 Å². The van der Waals surface area contributed by atoms with Crippen molar-refractivity contribution in [3.05, 3.63) is 17.5 Å². The van der Waals surface area contributed by atoms with E-state index in [1.165, 1.54) is 5.56 Å². The van der Waals surface area contributed by atoms with Crippen LogP contribution in [0.4, 0.5) is 0 Å². The summed E-state index contributed by atoms with van der Waals surface area (Å²) in [6, 6.07) is 0.850. The molecule has 0 aliphatic rings. The third-order valence-electron chi connectivity index (χ3n) is 2.67. The van der Waals surface area contributed by atoms with E-state index in [-0.39, 0.29) is 5.54 Å². The van der Waals surface area contributed by atoms with Crippen LogP contribution in [0, 0.1) is 6.92 Å². The van der Waals surface area contributed by atoms with Gasteiger partial charge in [0.05, 0.1) is 11.2 Å². The number of nitrogens with zero attached hydrogens (tertiary/aromatic N) is 2. The summed E-state index contributed by atoms with van der Waals surface area (Å²) in [7, 11) is 0. The zero-order chi connectivity index (χ0) is 12.5. The van der Waals surface area contributed by atoms with Gasteiger partial charge in [-0.1, -0.05) is 13.8 Å². The molecule has 1 aromatic rings. The van der Waals surface area contributed by atoms with Crippen LogP contribution in [-0.4, -0.2) is 15.8 Å². The fourth-order valence-corrected chi connectivity index (χ4v) is 1.83. The maximum atomic E-state index is 4.59. The molecule has 3 heteroatoms. The van der Waals surface area contributed by atoms with Crippen LogP contribution >= 0.6 is 0 Å². The quantitative estimate of drug-likeness (QED) is 0.853. The van der Waals surface area contributed by atoms with Crippen molar-refractivity contribution >= 4 is 0 Å². The molecule has 0 aliphatic heterocycles. The average Bonchev–Trinajstić information content (AvgIpc) is 2.44. The lowest BCUT2D eigenvalue weighted by atomic mass is 10.1. The molecule has 1 atom stereocenters. The highest BCUT2D eigenvalue weighted by atomic mass is 15.3. The van der Waals surface area contributed by atoms with Crippen molar-refractivity contribution in [2.24, 2.45) is 0 Å². The molecule has 0 saturated carbocycles. The first-order valence-electron chi connectivity index (χ1n) is 6.04. The van der Waals surface area contributed by atoms with Crippen LogP contribution in [0.3, 0.4) is 0 Å². The molecule has 0 spiro atoms. The van der Waals surface area contributed by atoms with Gasteiger partial charge >= 0.3 is 0 Å². The van der Waals surface area contributed by atoms with E-state index in [4.69, 9.17) is 0 Å². The monoisotopic (exact) mass is 223 g/mol. The zero-order valence-corrected chi connectivity index (χ0v) is 11.6. The van der Waals surface area contributed by atoms with Crippen molar-refractivity contribution in [1.82, 2.24) is 15.1 Å². The number of aryl methyl sites for hydroxylation is 1. The molecule has 3 nitrogen and oxygen atoms in total. The molecule has 1 aromatic heterocycles. The van der Waals surface area contributed by atoms with E-state index in [1.54, 1.807) is 0 Å². The molecule has 1 unspecified atom stereocenters. The normalized spacial score (nSPS) is 14.5. The Morgan fingerprint density at radius 3 is 2.19 bits per heavy atom. The lowest BCUT2D eigenvalue weighted by Crippen LogP contribution is -2.26. The summed E-state index contributed by atoms with van der Waals surface area (Å²) in [6.07, 6.45) is 2.16. The largest absolute Gasteiger partial charge is 0.308 e. The van der Waals surface area contributed by atoms with Gasteiger partial charge in [-0.15, -0.1) is 0 Å². The first-order chi connectivity index (χ1) is 7.21. The predicted octanol–water partition coefficient (Wildman–Crippen LogP) is 3.01. The van der Waals surface area contributed by atoms with Gasteiger partial charge in [0.2, 0.25) is 0 Å². The SMILES string of the molecule is Cc1nn(C(C)(C)C)cc1C(C)NC(C)C. The molecular weight excluding hydrogens is 198 g/mol. The lowest BCUT2D eigenvalue weighted by molar-refractivity contribution is 0.353. The molecule has 0 amide bonds. The van der Waals surface area contributed by atoms with Gasteiger partial charge in [0.25, 0.3) is 0 Å². The van der Waals surface area contributed by atoms with Crippen molar-refractivity contribution in [2.45, 2.75) is 66.1 Å². The number of rotatable bonds is 3. The second-order valence-electron chi connectivity index (χ2n) is 5.83. The minimum Gasteiger partial charge on any atom is -0.308 e. The van der Waals surface area contributed by atoms with Gasteiger partial charge in [0.1, 0.15) is 0 Å². The van der Waals surface area contributed by atoms with Crippen LogP contribution < -0.4 is 5.32 Å². The molecule has 0 fully saturated rings. The Hall–Kier alpha value is -0.830. The highest BCUT2D eigenvalue weighted by Crippen LogP contribution is 2.21. The van der Waals surface area contributed by atoms with Crippen molar-refractivity contribution in [3.63, 3.8) is 0 Å². The number of aromatic nitrogens is 2. The van der Waals surface area contributed by atoms with E-state index in [2.05, 4.69) is 69.8 Å². The van der Waals surface area contributed by atoms with Crippen molar-refractivity contribution < 1.29 is 0 Å². The van der Waals surface area contributed by atoms with Gasteiger partial charge in [0, 0.05) is 23.8 Å². The summed E-state index contributed by atoms with van der Waals surface area (Å²) in [5, 5.41) is 8.10. The minimum absolute atomic E-state index is 0.0561. The first-order valence-corrected chi connectivity index (χ1v) is 6.04. The van der Waals surface area contributed by atoms with Crippen LogP contribution in [-0.2, 0) is 5.54 Å². The average molecular weight is 223 g/mol. The van der Waals surface area contributed by atoms with Gasteiger partial charge in [-0.2, -0.15) is 5.10 Å². The Bertz CT molecular complexity index is 345. The summed E-state index contributed by atoms with van der Waals surface area (Å²) in [4.78, 5) is 0. The molecule has 0 aromatic carbocycles. The maximum Gasteiger partial charge on any atom is 0.0641 e. The third-order valence-corrected chi connectivity index (χ3v) is 2.67. The molecule has 92 valence electrons. The molecular formula is C13H25N3. The van der Waals surface area contributed by atoms with Gasteiger partial charge in [-0.25, -0.2) is 0 Å². The van der Waals surface area contributed by atoms with Gasteiger partial charge in [-0.05, 0) is 34.6 Å².